The lowest BCUT2D eigenvalue weighted by Crippen LogP contribution is -2.69. The molecule has 4 rings (SSSR count). The van der Waals surface area contributed by atoms with Crippen molar-refractivity contribution in [2.24, 2.45) is 0 Å². The van der Waals surface area contributed by atoms with Gasteiger partial charge in [-0.2, -0.15) is 0 Å². The van der Waals surface area contributed by atoms with E-state index in [1.165, 1.54) is 0 Å². The molecule has 0 amide bonds. The van der Waals surface area contributed by atoms with Crippen molar-refractivity contribution in [3.05, 3.63) is 24.5 Å². The number of hydrogen-bond donors (Lipinski definition) is 1. The van der Waals surface area contributed by atoms with Crippen LogP contribution in [0.5, 0.6) is 0 Å². The lowest BCUT2D eigenvalue weighted by atomic mass is 9.94. The monoisotopic (exact) mass is 301 g/mol. The van der Waals surface area contributed by atoms with Crippen LogP contribution >= 0.6 is 0 Å². The molecule has 2 aromatic rings. The quantitative estimate of drug-likeness (QED) is 0.831. The van der Waals surface area contributed by atoms with Crippen LogP contribution in [0.25, 0.3) is 11.2 Å². The number of anilines is 1. The molecule has 22 heavy (non-hydrogen) atoms. The van der Waals surface area contributed by atoms with Gasteiger partial charge < -0.3 is 14.7 Å². The normalized spacial score (nSPS) is 26.1. The highest BCUT2D eigenvalue weighted by Crippen LogP contribution is 2.28. The van der Waals surface area contributed by atoms with E-state index in [-0.39, 0.29) is 12.1 Å². The van der Waals surface area contributed by atoms with Gasteiger partial charge in [0.05, 0.1) is 25.4 Å². The molecule has 2 aliphatic rings. The first-order valence-corrected chi connectivity index (χ1v) is 7.57. The number of aliphatic hydroxyl groups is 1. The van der Waals surface area contributed by atoms with Gasteiger partial charge in [-0.3, -0.25) is 9.88 Å². The Morgan fingerprint density at radius 3 is 3.00 bits per heavy atom. The van der Waals surface area contributed by atoms with E-state index in [2.05, 4.69) is 24.8 Å². The zero-order valence-electron chi connectivity index (χ0n) is 12.4. The molecule has 0 saturated carbocycles. The van der Waals surface area contributed by atoms with E-state index in [1.54, 1.807) is 12.4 Å². The molecule has 7 nitrogen and oxygen atoms in total. The van der Waals surface area contributed by atoms with E-state index >= 15 is 0 Å². The SMILES string of the molecule is OCC12COCCN1CCN(c1ccc3nccnc3n1)C2. The van der Waals surface area contributed by atoms with Crippen LogP contribution < -0.4 is 4.90 Å². The van der Waals surface area contributed by atoms with Gasteiger partial charge in [0.2, 0.25) is 0 Å². The Bertz CT molecular complexity index is 682. The number of aliphatic hydroxyl groups excluding tert-OH is 1. The van der Waals surface area contributed by atoms with Crippen LogP contribution in [0.2, 0.25) is 0 Å². The molecule has 2 saturated heterocycles. The maximum absolute atomic E-state index is 9.92. The van der Waals surface area contributed by atoms with Crippen LogP contribution in [-0.4, -0.2) is 76.5 Å². The molecule has 0 radical (unpaired) electrons. The lowest BCUT2D eigenvalue weighted by Gasteiger charge is -2.52. The summed E-state index contributed by atoms with van der Waals surface area (Å²) in [5.41, 5.74) is 1.12. The number of piperazine rings is 1. The average Bonchev–Trinajstić information content (AvgIpc) is 2.60. The predicted octanol–water partition coefficient (Wildman–Crippen LogP) is -0.0919. The summed E-state index contributed by atoms with van der Waals surface area (Å²) in [6.07, 6.45) is 3.32. The molecule has 0 aliphatic carbocycles. The molecule has 1 unspecified atom stereocenters. The van der Waals surface area contributed by atoms with Crippen LogP contribution in [-0.2, 0) is 4.74 Å². The number of nitrogens with zero attached hydrogens (tertiary/aromatic N) is 5. The molecular formula is C15H19N5O2. The van der Waals surface area contributed by atoms with Crippen molar-refractivity contribution in [2.45, 2.75) is 5.54 Å². The largest absolute Gasteiger partial charge is 0.394 e. The molecule has 0 bridgehead atoms. The van der Waals surface area contributed by atoms with Gasteiger partial charge in [-0.1, -0.05) is 0 Å². The second kappa shape index (κ2) is 5.42. The van der Waals surface area contributed by atoms with Gasteiger partial charge in [0, 0.05) is 38.6 Å². The first-order valence-electron chi connectivity index (χ1n) is 7.57. The first kappa shape index (κ1) is 13.8. The topological polar surface area (TPSA) is 74.6 Å². The molecule has 0 aromatic carbocycles. The van der Waals surface area contributed by atoms with Gasteiger partial charge in [0.1, 0.15) is 11.3 Å². The van der Waals surface area contributed by atoms with Crippen molar-refractivity contribution in [3.63, 3.8) is 0 Å². The lowest BCUT2D eigenvalue weighted by molar-refractivity contribution is -0.0951. The van der Waals surface area contributed by atoms with Gasteiger partial charge in [0.25, 0.3) is 0 Å². The van der Waals surface area contributed by atoms with Crippen LogP contribution in [0.15, 0.2) is 24.5 Å². The van der Waals surface area contributed by atoms with Crippen molar-refractivity contribution in [3.8, 4) is 0 Å². The van der Waals surface area contributed by atoms with E-state index in [0.29, 0.717) is 18.8 Å². The minimum atomic E-state index is -0.324. The number of fused-ring (bicyclic) bond motifs is 2. The van der Waals surface area contributed by atoms with Crippen LogP contribution in [0.3, 0.4) is 0 Å². The van der Waals surface area contributed by atoms with Crippen molar-refractivity contribution in [2.75, 3.05) is 50.9 Å². The average molecular weight is 301 g/mol. The summed E-state index contributed by atoms with van der Waals surface area (Å²) >= 11 is 0. The van der Waals surface area contributed by atoms with Gasteiger partial charge in [-0.05, 0) is 12.1 Å². The molecule has 7 heteroatoms. The Hall–Kier alpha value is -1.83. The third kappa shape index (κ3) is 2.22. The summed E-state index contributed by atoms with van der Waals surface area (Å²) in [5.74, 6) is 0.881. The summed E-state index contributed by atoms with van der Waals surface area (Å²) in [4.78, 5) is 17.7. The van der Waals surface area contributed by atoms with Crippen LogP contribution in [0.4, 0.5) is 5.82 Å². The van der Waals surface area contributed by atoms with Gasteiger partial charge >= 0.3 is 0 Å². The Morgan fingerprint density at radius 2 is 2.09 bits per heavy atom. The number of pyridine rings is 1. The van der Waals surface area contributed by atoms with Crippen molar-refractivity contribution >= 4 is 17.0 Å². The highest BCUT2D eigenvalue weighted by molar-refractivity contribution is 5.71. The maximum atomic E-state index is 9.92. The van der Waals surface area contributed by atoms with E-state index in [1.807, 2.05) is 12.1 Å². The Balaban J connectivity index is 1.64. The molecule has 2 aliphatic heterocycles. The number of ether oxygens (including phenoxy) is 1. The Labute approximate surface area is 128 Å². The fourth-order valence-corrected chi connectivity index (χ4v) is 3.35. The Morgan fingerprint density at radius 1 is 1.18 bits per heavy atom. The van der Waals surface area contributed by atoms with Crippen molar-refractivity contribution in [1.82, 2.24) is 19.9 Å². The molecule has 1 N–H and O–H groups in total. The smallest absolute Gasteiger partial charge is 0.180 e. The van der Waals surface area contributed by atoms with Gasteiger partial charge in [-0.15, -0.1) is 0 Å². The van der Waals surface area contributed by atoms with Crippen LogP contribution in [0, 0.1) is 0 Å². The van der Waals surface area contributed by atoms with Crippen molar-refractivity contribution < 1.29 is 9.84 Å². The molecule has 2 fully saturated rings. The standard InChI is InChI=1S/C15H19N5O2/c21-10-15-9-19(5-6-20(15)7-8-22-11-15)13-2-1-12-14(18-13)17-4-3-16-12/h1-4,21H,5-11H2. The minimum Gasteiger partial charge on any atom is -0.394 e. The zero-order valence-corrected chi connectivity index (χ0v) is 12.4. The van der Waals surface area contributed by atoms with Gasteiger partial charge in [-0.25, -0.2) is 9.97 Å². The zero-order chi connectivity index (χ0) is 15.0. The third-order valence-electron chi connectivity index (χ3n) is 4.61. The molecular weight excluding hydrogens is 282 g/mol. The van der Waals surface area contributed by atoms with E-state index in [9.17, 15) is 5.11 Å². The Kier molecular flexibility index (Phi) is 3.40. The van der Waals surface area contributed by atoms with Gasteiger partial charge in [0.15, 0.2) is 5.65 Å². The fourth-order valence-electron chi connectivity index (χ4n) is 3.35. The maximum Gasteiger partial charge on any atom is 0.180 e. The molecule has 116 valence electrons. The highest BCUT2D eigenvalue weighted by Gasteiger charge is 2.43. The molecule has 2 aromatic heterocycles. The van der Waals surface area contributed by atoms with Crippen molar-refractivity contribution in [1.29, 1.82) is 0 Å². The summed E-state index contributed by atoms with van der Waals surface area (Å²) in [7, 11) is 0. The van der Waals surface area contributed by atoms with E-state index in [0.717, 1.165) is 37.6 Å². The number of aromatic nitrogens is 3. The van der Waals surface area contributed by atoms with Crippen LogP contribution in [0.1, 0.15) is 0 Å². The predicted molar refractivity (Wildman–Crippen MR) is 81.8 cm³/mol. The van der Waals surface area contributed by atoms with E-state index < -0.39 is 0 Å². The minimum absolute atomic E-state index is 0.0941. The van der Waals surface area contributed by atoms with E-state index in [4.69, 9.17) is 4.74 Å². The highest BCUT2D eigenvalue weighted by atomic mass is 16.5. The summed E-state index contributed by atoms with van der Waals surface area (Å²) < 4.78 is 5.62. The summed E-state index contributed by atoms with van der Waals surface area (Å²) in [5, 5.41) is 9.92. The third-order valence-corrected chi connectivity index (χ3v) is 4.61. The summed E-state index contributed by atoms with van der Waals surface area (Å²) in [6.45, 7) is 4.79. The molecule has 1 atom stereocenters. The second-order valence-electron chi connectivity index (χ2n) is 5.91. The first-order chi connectivity index (χ1) is 10.8. The summed E-state index contributed by atoms with van der Waals surface area (Å²) in [6, 6.07) is 3.92. The fraction of sp³-hybridized carbons (Fsp3) is 0.533. The number of hydrogen-bond acceptors (Lipinski definition) is 7. The molecule has 0 spiro atoms. The molecule has 4 heterocycles. The number of morpholine rings is 1. The second-order valence-corrected chi connectivity index (χ2v) is 5.91. The number of rotatable bonds is 2.